The molecule has 0 aliphatic heterocycles. The first kappa shape index (κ1) is 13.6. The minimum absolute atomic E-state index is 0.0373. The second-order valence-electron chi connectivity index (χ2n) is 3.81. The molecular weight excluding hydrogens is 240 g/mol. The Labute approximate surface area is 104 Å². The van der Waals surface area contributed by atoms with Crippen molar-refractivity contribution in [1.82, 2.24) is 10.3 Å². The van der Waals surface area contributed by atoms with Gasteiger partial charge in [0.2, 0.25) is 5.91 Å². The highest BCUT2D eigenvalue weighted by Crippen LogP contribution is 2.23. The van der Waals surface area contributed by atoms with Crippen molar-refractivity contribution < 1.29 is 14.7 Å². The molecule has 0 aromatic carbocycles. The second kappa shape index (κ2) is 5.77. The first-order chi connectivity index (χ1) is 7.95. The van der Waals surface area contributed by atoms with Gasteiger partial charge >= 0.3 is 5.97 Å². The number of aryl methyl sites for hydroxylation is 1. The monoisotopic (exact) mass is 256 g/mol. The Hall–Kier alpha value is -1.43. The number of hydrogen-bond acceptors (Lipinski definition) is 4. The molecule has 1 rings (SSSR count). The van der Waals surface area contributed by atoms with Crippen LogP contribution < -0.4 is 5.32 Å². The van der Waals surface area contributed by atoms with E-state index in [9.17, 15) is 9.59 Å². The van der Waals surface area contributed by atoms with Crippen molar-refractivity contribution >= 4 is 23.2 Å². The number of hydrogen-bond donors (Lipinski definition) is 2. The average molecular weight is 256 g/mol. The van der Waals surface area contributed by atoms with Crippen LogP contribution in [0.1, 0.15) is 53.1 Å². The number of carboxylic acid groups (broad SMARTS) is 1. The van der Waals surface area contributed by atoms with Crippen LogP contribution in [0.2, 0.25) is 0 Å². The Morgan fingerprint density at radius 2 is 2.18 bits per heavy atom. The van der Waals surface area contributed by atoms with Gasteiger partial charge in [0.1, 0.15) is 9.88 Å². The molecular formula is C11H16N2O3S. The maximum absolute atomic E-state index is 11.4. The molecule has 0 aliphatic carbocycles. The quantitative estimate of drug-likeness (QED) is 0.845. The van der Waals surface area contributed by atoms with Crippen molar-refractivity contribution in [3.8, 4) is 0 Å². The van der Waals surface area contributed by atoms with Crippen molar-refractivity contribution in [1.29, 1.82) is 0 Å². The van der Waals surface area contributed by atoms with Gasteiger partial charge in [-0.25, -0.2) is 9.78 Å². The second-order valence-corrected chi connectivity index (χ2v) is 4.84. The Morgan fingerprint density at radius 1 is 1.53 bits per heavy atom. The molecule has 0 bridgehead atoms. The number of thiazole rings is 1. The molecule has 0 aliphatic rings. The van der Waals surface area contributed by atoms with Crippen LogP contribution in [0.4, 0.5) is 0 Å². The Kier molecular flexibility index (Phi) is 4.62. The lowest BCUT2D eigenvalue weighted by atomic mass is 10.3. The van der Waals surface area contributed by atoms with Crippen molar-refractivity contribution in [3.05, 3.63) is 15.6 Å². The molecule has 1 aromatic heterocycles. The molecule has 1 heterocycles. The highest BCUT2D eigenvalue weighted by molar-refractivity contribution is 7.13. The van der Waals surface area contributed by atoms with E-state index in [2.05, 4.69) is 10.3 Å². The molecule has 0 saturated heterocycles. The van der Waals surface area contributed by atoms with Gasteiger partial charge < -0.3 is 10.4 Å². The van der Waals surface area contributed by atoms with Crippen LogP contribution in [0, 0.1) is 6.92 Å². The predicted molar refractivity (Wildman–Crippen MR) is 65.3 cm³/mol. The average Bonchev–Trinajstić information content (AvgIpc) is 2.60. The van der Waals surface area contributed by atoms with E-state index < -0.39 is 5.97 Å². The number of aromatic carboxylic acids is 1. The fraction of sp³-hybridized carbons (Fsp3) is 0.545. The van der Waals surface area contributed by atoms with E-state index in [4.69, 9.17) is 5.11 Å². The van der Waals surface area contributed by atoms with Gasteiger partial charge in [0, 0.05) is 6.42 Å². The zero-order valence-electron chi connectivity index (χ0n) is 10.1. The Bertz CT molecular complexity index is 428. The Morgan fingerprint density at radius 3 is 2.65 bits per heavy atom. The normalized spacial score (nSPS) is 12.2. The van der Waals surface area contributed by atoms with Crippen LogP contribution in [0.25, 0.3) is 0 Å². The number of carbonyl (C=O) groups is 2. The molecule has 1 aromatic rings. The molecule has 0 fully saturated rings. The van der Waals surface area contributed by atoms with Crippen LogP contribution in [0.15, 0.2) is 0 Å². The standard InChI is InChI=1S/C11H16N2O3S/c1-4-5-8(14)12-7(3)10-13-6(2)9(17-10)11(15)16/h7H,4-5H2,1-3H3,(H,12,14)(H,15,16). The van der Waals surface area contributed by atoms with E-state index in [0.717, 1.165) is 17.8 Å². The van der Waals surface area contributed by atoms with Gasteiger partial charge in [-0.1, -0.05) is 6.92 Å². The van der Waals surface area contributed by atoms with Gasteiger partial charge in [-0.05, 0) is 20.3 Å². The molecule has 6 heteroatoms. The van der Waals surface area contributed by atoms with Crippen molar-refractivity contribution in [2.75, 3.05) is 0 Å². The zero-order valence-corrected chi connectivity index (χ0v) is 10.9. The van der Waals surface area contributed by atoms with E-state index >= 15 is 0 Å². The van der Waals surface area contributed by atoms with Gasteiger partial charge in [0.05, 0.1) is 11.7 Å². The molecule has 1 amide bonds. The molecule has 5 nitrogen and oxygen atoms in total. The molecule has 17 heavy (non-hydrogen) atoms. The number of aromatic nitrogens is 1. The summed E-state index contributed by atoms with van der Waals surface area (Å²) in [5, 5.41) is 12.3. The van der Waals surface area contributed by atoms with E-state index in [-0.39, 0.29) is 16.8 Å². The van der Waals surface area contributed by atoms with Crippen LogP contribution in [0.5, 0.6) is 0 Å². The third-order valence-electron chi connectivity index (χ3n) is 2.23. The summed E-state index contributed by atoms with van der Waals surface area (Å²) >= 11 is 1.11. The first-order valence-corrected chi connectivity index (χ1v) is 6.27. The number of amides is 1. The smallest absolute Gasteiger partial charge is 0.347 e. The lowest BCUT2D eigenvalue weighted by Crippen LogP contribution is -2.26. The summed E-state index contributed by atoms with van der Waals surface area (Å²) in [6, 6.07) is -0.245. The predicted octanol–water partition coefficient (Wildman–Crippen LogP) is 2.13. The molecule has 1 unspecified atom stereocenters. The maximum Gasteiger partial charge on any atom is 0.347 e. The highest BCUT2D eigenvalue weighted by Gasteiger charge is 2.18. The van der Waals surface area contributed by atoms with Crippen molar-refractivity contribution in [2.24, 2.45) is 0 Å². The van der Waals surface area contributed by atoms with E-state index in [1.165, 1.54) is 0 Å². The SMILES string of the molecule is CCCC(=O)NC(C)c1nc(C)c(C(=O)O)s1. The van der Waals surface area contributed by atoms with Gasteiger partial charge in [-0.15, -0.1) is 11.3 Å². The summed E-state index contributed by atoms with van der Waals surface area (Å²) in [5.41, 5.74) is 0.495. The van der Waals surface area contributed by atoms with Gasteiger partial charge in [-0.2, -0.15) is 0 Å². The van der Waals surface area contributed by atoms with Gasteiger partial charge in [0.15, 0.2) is 0 Å². The van der Waals surface area contributed by atoms with Crippen LogP contribution >= 0.6 is 11.3 Å². The molecule has 0 radical (unpaired) electrons. The number of rotatable bonds is 5. The first-order valence-electron chi connectivity index (χ1n) is 5.45. The van der Waals surface area contributed by atoms with Gasteiger partial charge in [0.25, 0.3) is 0 Å². The number of nitrogens with one attached hydrogen (secondary N) is 1. The minimum Gasteiger partial charge on any atom is -0.477 e. The summed E-state index contributed by atoms with van der Waals surface area (Å²) < 4.78 is 0. The minimum atomic E-state index is -0.974. The fourth-order valence-electron chi connectivity index (χ4n) is 1.40. The lowest BCUT2D eigenvalue weighted by molar-refractivity contribution is -0.121. The molecule has 2 N–H and O–H groups in total. The number of carboxylic acids is 1. The number of carbonyl (C=O) groups excluding carboxylic acids is 1. The van der Waals surface area contributed by atoms with E-state index in [0.29, 0.717) is 17.1 Å². The Balaban J connectivity index is 2.76. The summed E-state index contributed by atoms with van der Waals surface area (Å²) in [6.07, 6.45) is 1.26. The van der Waals surface area contributed by atoms with E-state index in [1.807, 2.05) is 6.92 Å². The van der Waals surface area contributed by atoms with Crippen LogP contribution in [0.3, 0.4) is 0 Å². The lowest BCUT2D eigenvalue weighted by Gasteiger charge is -2.10. The summed E-state index contributed by atoms with van der Waals surface area (Å²) in [5.74, 6) is -1.01. The topological polar surface area (TPSA) is 79.3 Å². The maximum atomic E-state index is 11.4. The summed E-state index contributed by atoms with van der Waals surface area (Å²) in [7, 11) is 0. The fourth-order valence-corrected chi connectivity index (χ4v) is 2.31. The highest BCUT2D eigenvalue weighted by atomic mass is 32.1. The van der Waals surface area contributed by atoms with Gasteiger partial charge in [-0.3, -0.25) is 4.79 Å². The molecule has 1 atom stereocenters. The molecule has 0 saturated carbocycles. The van der Waals surface area contributed by atoms with Crippen LogP contribution in [-0.4, -0.2) is 22.0 Å². The van der Waals surface area contributed by atoms with E-state index in [1.54, 1.807) is 13.8 Å². The van der Waals surface area contributed by atoms with Crippen molar-refractivity contribution in [3.63, 3.8) is 0 Å². The summed E-state index contributed by atoms with van der Waals surface area (Å²) in [4.78, 5) is 26.7. The number of nitrogens with zero attached hydrogens (tertiary/aromatic N) is 1. The molecule has 94 valence electrons. The zero-order chi connectivity index (χ0) is 13.0. The van der Waals surface area contributed by atoms with Crippen LogP contribution in [-0.2, 0) is 4.79 Å². The summed E-state index contributed by atoms with van der Waals surface area (Å²) in [6.45, 7) is 5.39. The molecule has 0 spiro atoms. The third-order valence-corrected chi connectivity index (χ3v) is 3.56. The largest absolute Gasteiger partial charge is 0.477 e. The third kappa shape index (κ3) is 3.52. The van der Waals surface area contributed by atoms with Crippen molar-refractivity contribution in [2.45, 2.75) is 39.7 Å².